The molecule has 1 aliphatic heterocycles. The zero-order chi connectivity index (χ0) is 21.1. The number of amides is 1. The van der Waals surface area contributed by atoms with E-state index >= 15 is 0 Å². The van der Waals surface area contributed by atoms with Gasteiger partial charge >= 0.3 is 0 Å². The molecule has 2 heterocycles. The fraction of sp³-hybridized carbons (Fsp3) is 0.217. The number of anilines is 1. The highest BCUT2D eigenvalue weighted by Crippen LogP contribution is 2.23. The molecule has 0 atom stereocenters. The van der Waals surface area contributed by atoms with Crippen molar-refractivity contribution in [3.8, 4) is 0 Å². The van der Waals surface area contributed by atoms with Crippen molar-refractivity contribution in [2.75, 3.05) is 31.1 Å². The zero-order valence-corrected chi connectivity index (χ0v) is 16.7. The van der Waals surface area contributed by atoms with Crippen LogP contribution in [0.2, 0.25) is 0 Å². The first-order valence-corrected chi connectivity index (χ1v) is 9.84. The molecule has 152 valence electrons. The number of carbonyl (C=O) groups is 1. The molecular formula is C23H22N4O3. The monoisotopic (exact) mass is 402 g/mol. The van der Waals surface area contributed by atoms with Crippen molar-refractivity contribution in [2.24, 2.45) is 0 Å². The van der Waals surface area contributed by atoms with E-state index in [0.717, 1.165) is 16.7 Å². The van der Waals surface area contributed by atoms with Crippen molar-refractivity contribution in [1.82, 2.24) is 9.88 Å². The molecule has 2 aromatic carbocycles. The number of para-hydroxylation sites is 1. The molecule has 30 heavy (non-hydrogen) atoms. The molecule has 1 saturated heterocycles. The van der Waals surface area contributed by atoms with Crippen molar-refractivity contribution in [3.63, 3.8) is 0 Å². The topological polar surface area (TPSA) is 79.6 Å². The fourth-order valence-corrected chi connectivity index (χ4v) is 3.66. The van der Waals surface area contributed by atoms with Crippen LogP contribution >= 0.6 is 0 Å². The lowest BCUT2D eigenvalue weighted by Gasteiger charge is -2.35. The molecule has 0 spiro atoms. The number of carbonyl (C=O) groups excluding carboxylic acids is 1. The molecule has 1 aliphatic rings. The number of fused-ring (bicyclic) bond motifs is 1. The van der Waals surface area contributed by atoms with Crippen LogP contribution in [0.4, 0.5) is 11.5 Å². The van der Waals surface area contributed by atoms with E-state index in [2.05, 4.69) is 24.0 Å². The molecule has 0 unspecified atom stereocenters. The van der Waals surface area contributed by atoms with Crippen LogP contribution in [-0.2, 0) is 4.79 Å². The average Bonchev–Trinajstić information content (AvgIpc) is 2.77. The Hall–Kier alpha value is -3.74. The zero-order valence-electron chi connectivity index (χ0n) is 16.7. The summed E-state index contributed by atoms with van der Waals surface area (Å²) in [5, 5.41) is 12.0. The fourth-order valence-electron chi connectivity index (χ4n) is 3.66. The number of nitro groups is 1. The van der Waals surface area contributed by atoms with Gasteiger partial charge in [0, 0.05) is 49.8 Å². The maximum atomic E-state index is 12.5. The van der Waals surface area contributed by atoms with Crippen LogP contribution in [0, 0.1) is 17.0 Å². The lowest BCUT2D eigenvalue weighted by atomic mass is 10.1. The summed E-state index contributed by atoms with van der Waals surface area (Å²) in [6, 6.07) is 16.4. The van der Waals surface area contributed by atoms with Crippen LogP contribution in [0.15, 0.2) is 60.7 Å². The molecule has 7 heteroatoms. The van der Waals surface area contributed by atoms with Crippen molar-refractivity contribution in [3.05, 3.63) is 81.9 Å². The number of aromatic nitrogens is 1. The summed E-state index contributed by atoms with van der Waals surface area (Å²) < 4.78 is 0. The van der Waals surface area contributed by atoms with Crippen molar-refractivity contribution >= 4 is 34.4 Å². The van der Waals surface area contributed by atoms with Crippen LogP contribution < -0.4 is 4.90 Å². The van der Waals surface area contributed by atoms with E-state index in [1.807, 2.05) is 18.2 Å². The van der Waals surface area contributed by atoms with Crippen LogP contribution in [-0.4, -0.2) is 46.9 Å². The molecule has 7 nitrogen and oxygen atoms in total. The standard InChI is InChI=1S/C23H22N4O3/c1-17-15-22(24-21-8-3-2-7-20(17)21)25-11-13-26(14-12-25)23(28)10-9-18-5-4-6-19(16-18)27(29)30/h2-10,15-16H,11-14H2,1H3/b10-9+. The Morgan fingerprint density at radius 1 is 1.07 bits per heavy atom. The van der Waals surface area contributed by atoms with Crippen LogP contribution in [0.25, 0.3) is 17.0 Å². The summed E-state index contributed by atoms with van der Waals surface area (Å²) in [5.74, 6) is 0.842. The highest BCUT2D eigenvalue weighted by Gasteiger charge is 2.21. The lowest BCUT2D eigenvalue weighted by Crippen LogP contribution is -2.48. The minimum absolute atomic E-state index is 0.0105. The number of nitro benzene ring substituents is 1. The van der Waals surface area contributed by atoms with E-state index < -0.39 is 4.92 Å². The van der Waals surface area contributed by atoms with E-state index in [9.17, 15) is 14.9 Å². The molecule has 1 fully saturated rings. The Morgan fingerprint density at radius 3 is 2.60 bits per heavy atom. The number of hydrogen-bond donors (Lipinski definition) is 0. The van der Waals surface area contributed by atoms with Gasteiger partial charge in [-0.15, -0.1) is 0 Å². The lowest BCUT2D eigenvalue weighted by molar-refractivity contribution is -0.384. The van der Waals surface area contributed by atoms with Gasteiger partial charge in [-0.25, -0.2) is 4.98 Å². The molecule has 0 radical (unpaired) electrons. The number of nitrogens with zero attached hydrogens (tertiary/aromatic N) is 4. The highest BCUT2D eigenvalue weighted by atomic mass is 16.6. The molecule has 0 bridgehead atoms. The van der Waals surface area contributed by atoms with Gasteiger partial charge in [0.25, 0.3) is 5.69 Å². The molecule has 0 aliphatic carbocycles. The molecular weight excluding hydrogens is 380 g/mol. The molecule has 3 aromatic rings. The Bertz CT molecular complexity index is 1130. The first-order valence-electron chi connectivity index (χ1n) is 9.84. The number of non-ortho nitro benzene ring substituents is 1. The molecule has 4 rings (SSSR count). The van der Waals surface area contributed by atoms with Gasteiger partial charge in [0.2, 0.25) is 5.91 Å². The number of rotatable bonds is 4. The van der Waals surface area contributed by atoms with E-state index in [-0.39, 0.29) is 11.6 Å². The Balaban J connectivity index is 1.40. The number of piperazine rings is 1. The second-order valence-corrected chi connectivity index (χ2v) is 7.31. The third-order valence-electron chi connectivity index (χ3n) is 5.32. The second kappa shape index (κ2) is 8.32. The largest absolute Gasteiger partial charge is 0.353 e. The SMILES string of the molecule is Cc1cc(N2CCN(C(=O)/C=C/c3cccc([N+](=O)[O-])c3)CC2)nc2ccccc12. The van der Waals surface area contributed by atoms with Crippen LogP contribution in [0.3, 0.4) is 0 Å². The Labute approximate surface area is 174 Å². The van der Waals surface area contributed by atoms with Crippen molar-refractivity contribution < 1.29 is 9.72 Å². The van der Waals surface area contributed by atoms with Crippen LogP contribution in [0.5, 0.6) is 0 Å². The van der Waals surface area contributed by atoms with Gasteiger partial charge in [-0.3, -0.25) is 14.9 Å². The van der Waals surface area contributed by atoms with Gasteiger partial charge in [-0.2, -0.15) is 0 Å². The third-order valence-corrected chi connectivity index (χ3v) is 5.32. The quantitative estimate of drug-likeness (QED) is 0.377. The predicted molar refractivity (Wildman–Crippen MR) is 117 cm³/mol. The molecule has 1 amide bonds. The first-order chi connectivity index (χ1) is 14.5. The molecule has 0 N–H and O–H groups in total. The second-order valence-electron chi connectivity index (χ2n) is 7.31. The maximum absolute atomic E-state index is 12.5. The van der Waals surface area contributed by atoms with Gasteiger partial charge < -0.3 is 9.80 Å². The maximum Gasteiger partial charge on any atom is 0.270 e. The Kier molecular flexibility index (Phi) is 5.43. The van der Waals surface area contributed by atoms with Gasteiger partial charge in [0.15, 0.2) is 0 Å². The summed E-state index contributed by atoms with van der Waals surface area (Å²) in [5.41, 5.74) is 2.81. The van der Waals surface area contributed by atoms with Gasteiger partial charge in [-0.05, 0) is 36.3 Å². The molecule has 0 saturated carbocycles. The molecule has 1 aromatic heterocycles. The van der Waals surface area contributed by atoms with E-state index in [4.69, 9.17) is 4.98 Å². The summed E-state index contributed by atoms with van der Waals surface area (Å²) >= 11 is 0. The van der Waals surface area contributed by atoms with E-state index in [1.54, 1.807) is 23.1 Å². The Morgan fingerprint density at radius 2 is 1.83 bits per heavy atom. The smallest absolute Gasteiger partial charge is 0.270 e. The number of aryl methyl sites for hydroxylation is 1. The summed E-state index contributed by atoms with van der Waals surface area (Å²) in [7, 11) is 0. The van der Waals surface area contributed by atoms with Crippen molar-refractivity contribution in [2.45, 2.75) is 6.92 Å². The summed E-state index contributed by atoms with van der Waals surface area (Å²) in [6.45, 7) is 4.71. The number of benzene rings is 2. The summed E-state index contributed by atoms with van der Waals surface area (Å²) in [4.78, 5) is 31.7. The minimum atomic E-state index is -0.444. The minimum Gasteiger partial charge on any atom is -0.353 e. The van der Waals surface area contributed by atoms with Gasteiger partial charge in [0.1, 0.15) is 5.82 Å². The normalized spacial score (nSPS) is 14.4. The highest BCUT2D eigenvalue weighted by molar-refractivity contribution is 5.92. The first kappa shape index (κ1) is 19.6. The van der Waals surface area contributed by atoms with E-state index in [0.29, 0.717) is 31.7 Å². The van der Waals surface area contributed by atoms with Crippen molar-refractivity contribution in [1.29, 1.82) is 0 Å². The third kappa shape index (κ3) is 4.15. The number of hydrogen-bond acceptors (Lipinski definition) is 5. The predicted octanol–water partition coefficient (Wildman–Crippen LogP) is 3.81. The summed E-state index contributed by atoms with van der Waals surface area (Å²) in [6.07, 6.45) is 3.10. The van der Waals surface area contributed by atoms with Gasteiger partial charge in [-0.1, -0.05) is 30.3 Å². The average molecular weight is 402 g/mol. The van der Waals surface area contributed by atoms with Crippen LogP contribution in [0.1, 0.15) is 11.1 Å². The number of pyridine rings is 1. The van der Waals surface area contributed by atoms with E-state index in [1.165, 1.54) is 23.8 Å². The van der Waals surface area contributed by atoms with Gasteiger partial charge in [0.05, 0.1) is 10.4 Å².